The first kappa shape index (κ1) is 8.53. The van der Waals surface area contributed by atoms with Gasteiger partial charge in [-0.25, -0.2) is 0 Å². The van der Waals surface area contributed by atoms with E-state index in [1.54, 1.807) is 0 Å². The third kappa shape index (κ3) is 1.93. The molecule has 1 heterocycles. The first-order valence-corrected chi connectivity index (χ1v) is 4.23. The van der Waals surface area contributed by atoms with Gasteiger partial charge < -0.3 is 10.6 Å². The monoisotopic (exact) mass is 155 g/mol. The van der Waals surface area contributed by atoms with Crippen LogP contribution in [0.4, 0.5) is 0 Å². The molecule has 1 aliphatic rings. The summed E-state index contributed by atoms with van der Waals surface area (Å²) in [6.07, 6.45) is 3.73. The second kappa shape index (κ2) is 3.72. The lowest BCUT2D eigenvalue weighted by Crippen LogP contribution is -2.46. The summed E-state index contributed by atoms with van der Waals surface area (Å²) < 4.78 is 0. The van der Waals surface area contributed by atoms with Crippen LogP contribution in [-0.2, 0) is 0 Å². The van der Waals surface area contributed by atoms with Crippen molar-refractivity contribution >= 4 is 5.84 Å². The zero-order valence-electron chi connectivity index (χ0n) is 7.38. The number of hydrogen-bond donors (Lipinski definition) is 1. The lowest BCUT2D eigenvalue weighted by molar-refractivity contribution is 0.302. The van der Waals surface area contributed by atoms with Gasteiger partial charge in [-0.2, -0.15) is 0 Å². The van der Waals surface area contributed by atoms with Crippen molar-refractivity contribution in [2.45, 2.75) is 32.4 Å². The van der Waals surface area contributed by atoms with Crippen molar-refractivity contribution in [1.82, 2.24) is 4.90 Å². The van der Waals surface area contributed by atoms with E-state index < -0.39 is 0 Å². The van der Waals surface area contributed by atoms with E-state index in [0.717, 1.165) is 13.0 Å². The summed E-state index contributed by atoms with van der Waals surface area (Å²) in [6.45, 7) is 3.08. The van der Waals surface area contributed by atoms with Gasteiger partial charge in [0.15, 0.2) is 0 Å². The molecule has 0 bridgehead atoms. The molecule has 0 saturated carbocycles. The highest BCUT2D eigenvalue weighted by molar-refractivity contribution is 5.83. The zero-order chi connectivity index (χ0) is 8.27. The number of rotatable bonds is 1. The van der Waals surface area contributed by atoms with E-state index in [4.69, 9.17) is 5.73 Å². The molecule has 0 aromatic rings. The number of aliphatic imine (C=N–C) groups is 1. The summed E-state index contributed by atoms with van der Waals surface area (Å²) in [5.41, 5.74) is 5.78. The van der Waals surface area contributed by atoms with Crippen LogP contribution in [0.25, 0.3) is 0 Å². The summed E-state index contributed by atoms with van der Waals surface area (Å²) in [5.74, 6) is 1.17. The average Bonchev–Trinajstić information content (AvgIpc) is 2.04. The van der Waals surface area contributed by atoms with Crippen molar-refractivity contribution in [1.29, 1.82) is 0 Å². The fraction of sp³-hybridized carbons (Fsp3) is 0.875. The molecule has 1 aliphatic heterocycles. The van der Waals surface area contributed by atoms with Crippen LogP contribution in [0, 0.1) is 0 Å². The molecule has 0 aromatic heterocycles. The topological polar surface area (TPSA) is 41.6 Å². The van der Waals surface area contributed by atoms with Crippen LogP contribution in [0.1, 0.15) is 26.2 Å². The third-order valence-electron chi connectivity index (χ3n) is 2.13. The van der Waals surface area contributed by atoms with Crippen LogP contribution in [0.3, 0.4) is 0 Å². The van der Waals surface area contributed by atoms with Gasteiger partial charge in [0, 0.05) is 20.0 Å². The first-order valence-electron chi connectivity index (χ1n) is 4.23. The van der Waals surface area contributed by atoms with Gasteiger partial charge >= 0.3 is 0 Å². The fourth-order valence-electron chi connectivity index (χ4n) is 1.52. The molecule has 1 fully saturated rings. The van der Waals surface area contributed by atoms with Gasteiger partial charge in [-0.05, 0) is 19.8 Å². The molecular formula is C8H17N3. The largest absolute Gasteiger partial charge is 0.345 e. The summed E-state index contributed by atoms with van der Waals surface area (Å²) in [4.78, 5) is 6.40. The van der Waals surface area contributed by atoms with E-state index in [1.807, 2.05) is 14.0 Å². The van der Waals surface area contributed by atoms with Gasteiger partial charge in [-0.15, -0.1) is 0 Å². The normalized spacial score (nSPS) is 25.7. The standard InChI is InChI=1S/C8H17N3/c1-7(9)11-6-4-3-5-8(11)10-2/h7H,3-6,9H2,1-2H3. The van der Waals surface area contributed by atoms with Crippen LogP contribution in [0.15, 0.2) is 4.99 Å². The molecule has 0 aromatic carbocycles. The molecule has 0 amide bonds. The van der Waals surface area contributed by atoms with E-state index in [0.29, 0.717) is 0 Å². The Balaban J connectivity index is 2.59. The molecule has 1 unspecified atom stereocenters. The Hall–Kier alpha value is -0.570. The van der Waals surface area contributed by atoms with Crippen molar-refractivity contribution in [2.75, 3.05) is 13.6 Å². The molecule has 1 atom stereocenters. The fourth-order valence-corrected chi connectivity index (χ4v) is 1.52. The molecule has 11 heavy (non-hydrogen) atoms. The van der Waals surface area contributed by atoms with E-state index >= 15 is 0 Å². The Bertz CT molecular complexity index is 151. The Kier molecular flexibility index (Phi) is 2.88. The van der Waals surface area contributed by atoms with Crippen molar-refractivity contribution in [3.8, 4) is 0 Å². The average molecular weight is 155 g/mol. The van der Waals surface area contributed by atoms with E-state index in [-0.39, 0.29) is 6.17 Å². The van der Waals surface area contributed by atoms with E-state index in [9.17, 15) is 0 Å². The van der Waals surface area contributed by atoms with Gasteiger partial charge in [0.05, 0.1) is 12.0 Å². The lowest BCUT2D eigenvalue weighted by atomic mass is 10.1. The highest BCUT2D eigenvalue weighted by Crippen LogP contribution is 2.12. The zero-order valence-corrected chi connectivity index (χ0v) is 7.38. The lowest BCUT2D eigenvalue weighted by Gasteiger charge is -2.33. The molecule has 3 heteroatoms. The number of hydrogen-bond acceptors (Lipinski definition) is 2. The van der Waals surface area contributed by atoms with Crippen LogP contribution in [0.5, 0.6) is 0 Å². The smallest absolute Gasteiger partial charge is 0.0997 e. The molecule has 1 saturated heterocycles. The predicted octanol–water partition coefficient (Wildman–Crippen LogP) is 0.805. The van der Waals surface area contributed by atoms with Crippen molar-refractivity contribution < 1.29 is 0 Å². The molecule has 0 aliphatic carbocycles. The van der Waals surface area contributed by atoms with Crippen LogP contribution in [0.2, 0.25) is 0 Å². The number of likely N-dealkylation sites (tertiary alicyclic amines) is 1. The van der Waals surface area contributed by atoms with Crippen molar-refractivity contribution in [3.63, 3.8) is 0 Å². The molecule has 0 radical (unpaired) electrons. The molecule has 64 valence electrons. The van der Waals surface area contributed by atoms with Crippen LogP contribution < -0.4 is 5.73 Å². The summed E-state index contributed by atoms with van der Waals surface area (Å²) >= 11 is 0. The Morgan fingerprint density at radius 2 is 2.27 bits per heavy atom. The molecule has 3 nitrogen and oxygen atoms in total. The SMILES string of the molecule is CN=C1CCCCN1C(C)N. The van der Waals surface area contributed by atoms with Gasteiger partial charge in [-0.3, -0.25) is 4.99 Å². The van der Waals surface area contributed by atoms with Gasteiger partial charge in [0.2, 0.25) is 0 Å². The minimum absolute atomic E-state index is 0.119. The maximum atomic E-state index is 5.78. The second-order valence-electron chi connectivity index (χ2n) is 3.03. The first-order chi connectivity index (χ1) is 5.25. The second-order valence-corrected chi connectivity index (χ2v) is 3.03. The number of piperidine rings is 1. The number of amidine groups is 1. The molecular weight excluding hydrogens is 138 g/mol. The quantitative estimate of drug-likeness (QED) is 0.608. The van der Waals surface area contributed by atoms with Crippen LogP contribution >= 0.6 is 0 Å². The number of nitrogens with zero attached hydrogens (tertiary/aromatic N) is 2. The Morgan fingerprint density at radius 1 is 1.55 bits per heavy atom. The van der Waals surface area contributed by atoms with E-state index in [2.05, 4.69) is 9.89 Å². The molecule has 0 spiro atoms. The maximum Gasteiger partial charge on any atom is 0.0997 e. The Morgan fingerprint density at radius 3 is 2.73 bits per heavy atom. The summed E-state index contributed by atoms with van der Waals surface area (Å²) in [7, 11) is 1.84. The van der Waals surface area contributed by atoms with Gasteiger partial charge in [-0.1, -0.05) is 0 Å². The van der Waals surface area contributed by atoms with Crippen molar-refractivity contribution in [2.24, 2.45) is 10.7 Å². The minimum Gasteiger partial charge on any atom is -0.345 e. The highest BCUT2D eigenvalue weighted by Gasteiger charge is 2.17. The third-order valence-corrected chi connectivity index (χ3v) is 2.13. The molecule has 2 N–H and O–H groups in total. The highest BCUT2D eigenvalue weighted by atomic mass is 15.3. The van der Waals surface area contributed by atoms with Gasteiger partial charge in [0.1, 0.15) is 0 Å². The van der Waals surface area contributed by atoms with Gasteiger partial charge in [0.25, 0.3) is 0 Å². The summed E-state index contributed by atoms with van der Waals surface area (Å²) in [5, 5.41) is 0. The Labute approximate surface area is 68.3 Å². The van der Waals surface area contributed by atoms with Crippen molar-refractivity contribution in [3.05, 3.63) is 0 Å². The summed E-state index contributed by atoms with van der Waals surface area (Å²) in [6, 6.07) is 0. The van der Waals surface area contributed by atoms with Crippen LogP contribution in [-0.4, -0.2) is 30.5 Å². The molecule has 1 rings (SSSR count). The number of nitrogens with two attached hydrogens (primary N) is 1. The van der Waals surface area contributed by atoms with E-state index in [1.165, 1.54) is 18.7 Å². The minimum atomic E-state index is 0.119. The predicted molar refractivity (Wildman–Crippen MR) is 47.6 cm³/mol. The maximum absolute atomic E-state index is 5.78.